The van der Waals surface area contributed by atoms with Crippen molar-refractivity contribution in [1.29, 1.82) is 0 Å². The fourth-order valence-electron chi connectivity index (χ4n) is 2.83. The maximum absolute atomic E-state index is 13.1. The highest BCUT2D eigenvalue weighted by molar-refractivity contribution is 7.99. The second kappa shape index (κ2) is 6.57. The molecule has 1 aromatic carbocycles. The predicted molar refractivity (Wildman–Crippen MR) is 91.7 cm³/mol. The third kappa shape index (κ3) is 3.18. The van der Waals surface area contributed by atoms with E-state index in [-0.39, 0.29) is 17.8 Å². The molecule has 0 radical (unpaired) electrons. The van der Waals surface area contributed by atoms with E-state index >= 15 is 0 Å². The monoisotopic (exact) mass is 349 g/mol. The van der Waals surface area contributed by atoms with Gasteiger partial charge in [0.1, 0.15) is 5.82 Å². The number of thioether (sulfide) groups is 1. The zero-order valence-corrected chi connectivity index (χ0v) is 14.4. The molecule has 1 amide bonds. The Kier molecular flexibility index (Phi) is 4.64. The van der Waals surface area contributed by atoms with Crippen LogP contribution in [-0.4, -0.2) is 37.9 Å². The van der Waals surface area contributed by atoms with Crippen molar-refractivity contribution in [2.24, 2.45) is 0 Å². The molecule has 0 bridgehead atoms. The van der Waals surface area contributed by atoms with Crippen LogP contribution in [0.15, 0.2) is 30.5 Å². The van der Waals surface area contributed by atoms with Gasteiger partial charge in [0.05, 0.1) is 17.9 Å². The highest BCUT2D eigenvalue weighted by Crippen LogP contribution is 2.29. The summed E-state index contributed by atoms with van der Waals surface area (Å²) in [6.07, 6.45) is 2.17. The average Bonchev–Trinajstić information content (AvgIpc) is 3.15. The van der Waals surface area contributed by atoms with Gasteiger partial charge in [0.15, 0.2) is 5.60 Å². The Hall–Kier alpha value is -1.86. The summed E-state index contributed by atoms with van der Waals surface area (Å²) in [6, 6.07) is 5.80. The summed E-state index contributed by atoms with van der Waals surface area (Å²) in [5.41, 5.74) is 1.20. The molecule has 1 aromatic heterocycles. The average molecular weight is 349 g/mol. The number of nitrogens with one attached hydrogen (secondary N) is 1. The molecule has 5 nitrogen and oxygen atoms in total. The number of nitrogens with zero attached hydrogens (tertiary/aromatic N) is 2. The Morgan fingerprint density at radius 2 is 2.17 bits per heavy atom. The number of carbonyl (C=O) groups is 1. The molecule has 2 N–H and O–H groups in total. The van der Waals surface area contributed by atoms with E-state index in [1.165, 1.54) is 12.1 Å². The van der Waals surface area contributed by atoms with Crippen LogP contribution in [0.2, 0.25) is 0 Å². The SMILES string of the molecule is Cc1c(C(C)NC(=O)C2(O)CCSC2)cnn1-c1ccc(F)cc1. The van der Waals surface area contributed by atoms with Gasteiger partial charge in [-0.05, 0) is 50.3 Å². The van der Waals surface area contributed by atoms with Crippen molar-refractivity contribution in [3.05, 3.63) is 47.5 Å². The van der Waals surface area contributed by atoms with Gasteiger partial charge in [0, 0.05) is 17.0 Å². The van der Waals surface area contributed by atoms with Crippen LogP contribution in [0, 0.1) is 12.7 Å². The van der Waals surface area contributed by atoms with Crippen molar-refractivity contribution in [2.75, 3.05) is 11.5 Å². The van der Waals surface area contributed by atoms with Crippen LogP contribution in [-0.2, 0) is 4.79 Å². The summed E-state index contributed by atoms with van der Waals surface area (Å²) >= 11 is 1.58. The standard InChI is InChI=1S/C17H20FN3O2S/c1-11(20-16(22)17(23)7-8-24-10-17)15-9-19-21(12(15)2)14-5-3-13(18)4-6-14/h3-6,9,11,23H,7-8,10H2,1-2H3,(H,20,22). The van der Waals surface area contributed by atoms with Crippen LogP contribution in [0.1, 0.15) is 30.6 Å². The van der Waals surface area contributed by atoms with Crippen molar-refractivity contribution in [1.82, 2.24) is 15.1 Å². The molecular weight excluding hydrogens is 329 g/mol. The number of aromatic nitrogens is 2. The quantitative estimate of drug-likeness (QED) is 0.889. The van der Waals surface area contributed by atoms with Gasteiger partial charge in [0.25, 0.3) is 5.91 Å². The van der Waals surface area contributed by atoms with Crippen LogP contribution in [0.5, 0.6) is 0 Å². The Morgan fingerprint density at radius 1 is 1.46 bits per heavy atom. The minimum Gasteiger partial charge on any atom is -0.379 e. The van der Waals surface area contributed by atoms with Crippen molar-refractivity contribution >= 4 is 17.7 Å². The number of hydrogen-bond acceptors (Lipinski definition) is 4. The second-order valence-corrected chi connectivity index (χ2v) is 7.21. The van der Waals surface area contributed by atoms with Crippen molar-refractivity contribution in [3.63, 3.8) is 0 Å². The number of amides is 1. The van der Waals surface area contributed by atoms with Gasteiger partial charge in [-0.15, -0.1) is 0 Å². The molecule has 1 aliphatic rings. The summed E-state index contributed by atoms with van der Waals surface area (Å²) in [7, 11) is 0. The number of rotatable bonds is 4. The molecule has 128 valence electrons. The molecule has 0 aliphatic carbocycles. The third-order valence-electron chi connectivity index (χ3n) is 4.36. The summed E-state index contributed by atoms with van der Waals surface area (Å²) < 4.78 is 14.8. The van der Waals surface area contributed by atoms with E-state index in [2.05, 4.69) is 10.4 Å². The highest BCUT2D eigenvalue weighted by Gasteiger charge is 2.40. The Bertz CT molecular complexity index is 739. The van der Waals surface area contributed by atoms with Crippen molar-refractivity contribution in [2.45, 2.75) is 31.9 Å². The summed E-state index contributed by atoms with van der Waals surface area (Å²) in [5, 5.41) is 17.6. The van der Waals surface area contributed by atoms with Gasteiger partial charge in [-0.3, -0.25) is 4.79 Å². The smallest absolute Gasteiger partial charge is 0.253 e. The van der Waals surface area contributed by atoms with E-state index in [1.54, 1.807) is 34.8 Å². The first kappa shape index (κ1) is 17.0. The Balaban J connectivity index is 1.77. The van der Waals surface area contributed by atoms with Crippen molar-refractivity contribution < 1.29 is 14.3 Å². The Labute approximate surface area is 144 Å². The minimum atomic E-state index is -1.28. The fourth-order valence-corrected chi connectivity index (χ4v) is 4.07. The van der Waals surface area contributed by atoms with Crippen LogP contribution >= 0.6 is 11.8 Å². The highest BCUT2D eigenvalue weighted by atomic mass is 32.2. The van der Waals surface area contributed by atoms with Crippen LogP contribution in [0.3, 0.4) is 0 Å². The first-order valence-electron chi connectivity index (χ1n) is 7.82. The largest absolute Gasteiger partial charge is 0.379 e. The summed E-state index contributed by atoms with van der Waals surface area (Å²) in [5.74, 6) is 0.583. The molecule has 2 aromatic rings. The zero-order valence-electron chi connectivity index (χ0n) is 13.6. The maximum Gasteiger partial charge on any atom is 0.253 e. The van der Waals surface area contributed by atoms with Crippen LogP contribution < -0.4 is 5.32 Å². The number of aliphatic hydroxyl groups is 1. The predicted octanol–water partition coefficient (Wildman–Crippen LogP) is 2.37. The lowest BCUT2D eigenvalue weighted by atomic mass is 10.0. The number of hydrogen-bond donors (Lipinski definition) is 2. The molecule has 1 aliphatic heterocycles. The second-order valence-electron chi connectivity index (χ2n) is 6.10. The molecule has 0 saturated carbocycles. The molecule has 2 heterocycles. The van der Waals surface area contributed by atoms with Gasteiger partial charge in [-0.2, -0.15) is 16.9 Å². The molecule has 2 atom stereocenters. The molecule has 1 saturated heterocycles. The maximum atomic E-state index is 13.1. The molecule has 2 unspecified atom stereocenters. The number of halogens is 1. The van der Waals surface area contributed by atoms with Crippen molar-refractivity contribution in [3.8, 4) is 5.69 Å². The van der Waals surface area contributed by atoms with E-state index in [9.17, 15) is 14.3 Å². The lowest BCUT2D eigenvalue weighted by molar-refractivity contribution is -0.137. The van der Waals surface area contributed by atoms with E-state index in [1.807, 2.05) is 13.8 Å². The molecule has 7 heteroatoms. The third-order valence-corrected chi connectivity index (χ3v) is 5.53. The van der Waals surface area contributed by atoms with Gasteiger partial charge < -0.3 is 10.4 Å². The zero-order chi connectivity index (χ0) is 17.3. The molecular formula is C17H20FN3O2S. The fraction of sp³-hybridized carbons (Fsp3) is 0.412. The topological polar surface area (TPSA) is 67.2 Å². The first-order valence-corrected chi connectivity index (χ1v) is 8.98. The number of carbonyl (C=O) groups excluding carboxylic acids is 1. The molecule has 0 spiro atoms. The normalized spacial score (nSPS) is 21.7. The minimum absolute atomic E-state index is 0.277. The molecule has 3 rings (SSSR count). The van der Waals surface area contributed by atoms with Crippen LogP contribution in [0.25, 0.3) is 5.69 Å². The number of benzene rings is 1. The van der Waals surface area contributed by atoms with Crippen LogP contribution in [0.4, 0.5) is 4.39 Å². The first-order chi connectivity index (χ1) is 11.4. The van der Waals surface area contributed by atoms with Gasteiger partial charge in [-0.25, -0.2) is 9.07 Å². The Morgan fingerprint density at radius 3 is 2.79 bits per heavy atom. The lowest BCUT2D eigenvalue weighted by Crippen LogP contribution is -2.47. The summed E-state index contributed by atoms with van der Waals surface area (Å²) in [4.78, 5) is 12.3. The lowest BCUT2D eigenvalue weighted by Gasteiger charge is -2.23. The van der Waals surface area contributed by atoms with E-state index in [0.29, 0.717) is 12.2 Å². The molecule has 1 fully saturated rings. The van der Waals surface area contributed by atoms with E-state index in [0.717, 1.165) is 22.7 Å². The summed E-state index contributed by atoms with van der Waals surface area (Å²) in [6.45, 7) is 3.76. The van der Waals surface area contributed by atoms with E-state index < -0.39 is 5.60 Å². The molecule has 24 heavy (non-hydrogen) atoms. The van der Waals surface area contributed by atoms with Gasteiger partial charge in [-0.1, -0.05) is 0 Å². The van der Waals surface area contributed by atoms with Gasteiger partial charge in [0.2, 0.25) is 0 Å². The van der Waals surface area contributed by atoms with E-state index in [4.69, 9.17) is 0 Å². The van der Waals surface area contributed by atoms with Gasteiger partial charge >= 0.3 is 0 Å².